The number of carbonyl (C=O) groups is 3. The summed E-state index contributed by atoms with van der Waals surface area (Å²) in [5.41, 5.74) is 6.98. The SMILES string of the molecule is CCOC(=O)CCC(=O)N1c2ccccc2CC1C(N)=O. The lowest BCUT2D eigenvalue weighted by Gasteiger charge is -2.23. The van der Waals surface area contributed by atoms with Gasteiger partial charge in [-0.3, -0.25) is 19.3 Å². The molecule has 0 bridgehead atoms. The van der Waals surface area contributed by atoms with Gasteiger partial charge in [0.1, 0.15) is 6.04 Å². The average Bonchev–Trinajstić information content (AvgIpc) is 2.85. The smallest absolute Gasteiger partial charge is 0.306 e. The van der Waals surface area contributed by atoms with Gasteiger partial charge in [0, 0.05) is 18.5 Å². The van der Waals surface area contributed by atoms with Gasteiger partial charge in [-0.05, 0) is 18.6 Å². The minimum Gasteiger partial charge on any atom is -0.466 e. The Hall–Kier alpha value is -2.37. The van der Waals surface area contributed by atoms with Crippen molar-refractivity contribution < 1.29 is 19.1 Å². The molecule has 1 aliphatic heterocycles. The Kier molecular flexibility index (Phi) is 4.57. The van der Waals surface area contributed by atoms with E-state index in [0.29, 0.717) is 12.1 Å². The minimum atomic E-state index is -0.683. The molecule has 1 unspecified atom stereocenters. The summed E-state index contributed by atoms with van der Waals surface area (Å²) < 4.78 is 4.80. The number of hydrogen-bond acceptors (Lipinski definition) is 4. The van der Waals surface area contributed by atoms with Crippen LogP contribution in [0.3, 0.4) is 0 Å². The van der Waals surface area contributed by atoms with Crippen molar-refractivity contribution in [3.8, 4) is 0 Å². The number of nitrogens with two attached hydrogens (primary N) is 1. The highest BCUT2D eigenvalue weighted by atomic mass is 16.5. The van der Waals surface area contributed by atoms with E-state index in [0.717, 1.165) is 5.56 Å². The third-order valence-electron chi connectivity index (χ3n) is 3.42. The van der Waals surface area contributed by atoms with Crippen LogP contribution in [0.4, 0.5) is 5.69 Å². The lowest BCUT2D eigenvalue weighted by Crippen LogP contribution is -2.46. The zero-order valence-corrected chi connectivity index (χ0v) is 11.9. The van der Waals surface area contributed by atoms with E-state index in [1.165, 1.54) is 4.90 Å². The maximum atomic E-state index is 12.3. The molecule has 0 aromatic heterocycles. The summed E-state index contributed by atoms with van der Waals surface area (Å²) in [5, 5.41) is 0. The summed E-state index contributed by atoms with van der Waals surface area (Å²) in [5.74, 6) is -1.26. The summed E-state index contributed by atoms with van der Waals surface area (Å²) in [6, 6.07) is 6.61. The van der Waals surface area contributed by atoms with E-state index >= 15 is 0 Å². The number of amides is 2. The van der Waals surface area contributed by atoms with Gasteiger partial charge in [-0.1, -0.05) is 18.2 Å². The molecule has 2 rings (SSSR count). The Morgan fingerprint density at radius 2 is 2.00 bits per heavy atom. The Morgan fingerprint density at radius 1 is 1.29 bits per heavy atom. The number of ether oxygens (including phenoxy) is 1. The van der Waals surface area contributed by atoms with Gasteiger partial charge >= 0.3 is 5.97 Å². The van der Waals surface area contributed by atoms with Crippen LogP contribution in [0, 0.1) is 0 Å². The van der Waals surface area contributed by atoms with Crippen LogP contribution in [0.15, 0.2) is 24.3 Å². The first-order chi connectivity index (χ1) is 10.0. The second kappa shape index (κ2) is 6.39. The lowest BCUT2D eigenvalue weighted by atomic mass is 10.1. The third kappa shape index (κ3) is 3.21. The number of para-hydroxylation sites is 1. The molecule has 1 heterocycles. The highest BCUT2D eigenvalue weighted by Crippen LogP contribution is 2.32. The van der Waals surface area contributed by atoms with Crippen molar-refractivity contribution in [1.82, 2.24) is 0 Å². The van der Waals surface area contributed by atoms with Crippen molar-refractivity contribution in [3.63, 3.8) is 0 Å². The van der Waals surface area contributed by atoms with E-state index in [1.807, 2.05) is 12.1 Å². The summed E-state index contributed by atoms with van der Waals surface area (Å²) >= 11 is 0. The van der Waals surface area contributed by atoms with E-state index in [9.17, 15) is 14.4 Å². The maximum absolute atomic E-state index is 12.3. The van der Waals surface area contributed by atoms with Crippen molar-refractivity contribution in [1.29, 1.82) is 0 Å². The topological polar surface area (TPSA) is 89.7 Å². The molecular weight excluding hydrogens is 272 g/mol. The van der Waals surface area contributed by atoms with E-state index in [1.54, 1.807) is 19.1 Å². The Bertz CT molecular complexity index is 571. The molecule has 0 saturated heterocycles. The number of anilines is 1. The molecule has 1 aliphatic rings. The summed E-state index contributed by atoms with van der Waals surface area (Å²) in [7, 11) is 0. The van der Waals surface area contributed by atoms with Crippen molar-refractivity contribution in [2.24, 2.45) is 5.73 Å². The van der Waals surface area contributed by atoms with Gasteiger partial charge in [0.05, 0.1) is 13.0 Å². The van der Waals surface area contributed by atoms with Crippen LogP contribution in [0.1, 0.15) is 25.3 Å². The molecule has 1 aromatic rings. The van der Waals surface area contributed by atoms with Crippen molar-refractivity contribution >= 4 is 23.5 Å². The molecule has 0 spiro atoms. The quantitative estimate of drug-likeness (QED) is 0.811. The molecule has 6 nitrogen and oxygen atoms in total. The minimum absolute atomic E-state index is 0.00303. The third-order valence-corrected chi connectivity index (χ3v) is 3.42. The van der Waals surface area contributed by atoms with Crippen LogP contribution in [-0.4, -0.2) is 30.4 Å². The predicted octanol–water partition coefficient (Wildman–Crippen LogP) is 0.773. The Labute approximate surface area is 122 Å². The fourth-order valence-corrected chi connectivity index (χ4v) is 2.48. The number of fused-ring (bicyclic) bond motifs is 1. The molecule has 2 amide bonds. The lowest BCUT2D eigenvalue weighted by molar-refractivity contribution is -0.144. The number of primary amides is 1. The van der Waals surface area contributed by atoms with Crippen LogP contribution in [0.5, 0.6) is 0 Å². The second-order valence-corrected chi connectivity index (χ2v) is 4.82. The van der Waals surface area contributed by atoms with Crippen LogP contribution in [-0.2, 0) is 25.5 Å². The monoisotopic (exact) mass is 290 g/mol. The van der Waals surface area contributed by atoms with Crippen molar-refractivity contribution in [2.45, 2.75) is 32.2 Å². The molecule has 0 saturated carbocycles. The first-order valence-corrected chi connectivity index (χ1v) is 6.89. The molecule has 2 N–H and O–H groups in total. The highest BCUT2D eigenvalue weighted by molar-refractivity contribution is 6.03. The average molecular weight is 290 g/mol. The first kappa shape index (κ1) is 15.0. The number of nitrogens with zero attached hydrogens (tertiary/aromatic N) is 1. The van der Waals surface area contributed by atoms with E-state index < -0.39 is 17.9 Å². The van der Waals surface area contributed by atoms with Crippen molar-refractivity contribution in [2.75, 3.05) is 11.5 Å². The number of esters is 1. The molecule has 21 heavy (non-hydrogen) atoms. The number of rotatable bonds is 5. The van der Waals surface area contributed by atoms with Gasteiger partial charge in [-0.25, -0.2) is 0 Å². The van der Waals surface area contributed by atoms with Gasteiger partial charge in [-0.2, -0.15) is 0 Å². The number of hydrogen-bond donors (Lipinski definition) is 1. The predicted molar refractivity (Wildman–Crippen MR) is 76.5 cm³/mol. The standard InChI is InChI=1S/C15H18N2O4/c1-2-21-14(19)8-7-13(18)17-11-6-4-3-5-10(11)9-12(17)15(16)20/h3-6,12H,2,7-9H2,1H3,(H2,16,20). The molecule has 1 aromatic carbocycles. The largest absolute Gasteiger partial charge is 0.466 e. The number of carbonyl (C=O) groups excluding carboxylic acids is 3. The normalized spacial score (nSPS) is 16.4. The number of benzene rings is 1. The van der Waals surface area contributed by atoms with Crippen LogP contribution in [0.25, 0.3) is 0 Å². The first-order valence-electron chi connectivity index (χ1n) is 6.89. The van der Waals surface area contributed by atoms with Gasteiger partial charge in [0.25, 0.3) is 0 Å². The molecule has 0 radical (unpaired) electrons. The van der Waals surface area contributed by atoms with Gasteiger partial charge in [-0.15, -0.1) is 0 Å². The Balaban J connectivity index is 2.13. The molecule has 6 heteroatoms. The molecule has 0 aliphatic carbocycles. The second-order valence-electron chi connectivity index (χ2n) is 4.82. The molecule has 112 valence electrons. The Morgan fingerprint density at radius 3 is 2.67 bits per heavy atom. The van der Waals surface area contributed by atoms with Crippen LogP contribution in [0.2, 0.25) is 0 Å². The van der Waals surface area contributed by atoms with Crippen LogP contribution >= 0.6 is 0 Å². The summed E-state index contributed by atoms with van der Waals surface area (Å²) in [6.45, 7) is 1.99. The maximum Gasteiger partial charge on any atom is 0.306 e. The fourth-order valence-electron chi connectivity index (χ4n) is 2.48. The van der Waals surface area contributed by atoms with Gasteiger partial charge in [0.15, 0.2) is 0 Å². The zero-order valence-electron chi connectivity index (χ0n) is 11.9. The van der Waals surface area contributed by atoms with Gasteiger partial charge < -0.3 is 10.5 Å². The molecule has 1 atom stereocenters. The zero-order chi connectivity index (χ0) is 15.4. The van der Waals surface area contributed by atoms with Crippen LogP contribution < -0.4 is 10.6 Å². The summed E-state index contributed by atoms with van der Waals surface area (Å²) in [6.07, 6.45) is 0.407. The van der Waals surface area contributed by atoms with Gasteiger partial charge in [0.2, 0.25) is 11.8 Å². The molecule has 0 fully saturated rings. The summed E-state index contributed by atoms with van der Waals surface area (Å²) in [4.78, 5) is 36.6. The van der Waals surface area contributed by atoms with Crippen molar-refractivity contribution in [3.05, 3.63) is 29.8 Å². The molecular formula is C15H18N2O4. The van der Waals surface area contributed by atoms with E-state index in [-0.39, 0.29) is 25.4 Å². The van der Waals surface area contributed by atoms with E-state index in [2.05, 4.69) is 0 Å². The fraction of sp³-hybridized carbons (Fsp3) is 0.400. The van der Waals surface area contributed by atoms with E-state index in [4.69, 9.17) is 10.5 Å². The highest BCUT2D eigenvalue weighted by Gasteiger charge is 2.36.